The number of hydrogen-bond acceptors (Lipinski definition) is 3. The number of aromatic nitrogens is 1. The predicted octanol–water partition coefficient (Wildman–Crippen LogP) is 2.59. The molecule has 1 heterocycles. The Morgan fingerprint density at radius 2 is 2.00 bits per heavy atom. The lowest BCUT2D eigenvalue weighted by atomic mass is 10.2. The topological polar surface area (TPSA) is 79.6 Å². The number of benzene rings is 1. The first-order chi connectivity index (χ1) is 10.8. The van der Waals surface area contributed by atoms with Gasteiger partial charge in [-0.05, 0) is 17.7 Å². The lowest BCUT2D eigenvalue weighted by molar-refractivity contribution is 0.0686. The Balaban J connectivity index is 2.38. The van der Waals surface area contributed by atoms with Crippen LogP contribution >= 0.6 is 11.6 Å². The van der Waals surface area contributed by atoms with Gasteiger partial charge >= 0.3 is 5.97 Å². The smallest absolute Gasteiger partial charge is 0.352 e. The van der Waals surface area contributed by atoms with Gasteiger partial charge in [-0.3, -0.25) is 0 Å². The first-order valence-corrected chi connectivity index (χ1v) is 8.72. The molecule has 1 aromatic heterocycles. The van der Waals surface area contributed by atoms with Gasteiger partial charge in [0.25, 0.3) is 0 Å². The highest BCUT2D eigenvalue weighted by molar-refractivity contribution is 7.89. The number of halogens is 1. The molecule has 124 valence electrons. The molecule has 1 aromatic carbocycles. The minimum atomic E-state index is -3.81. The molecule has 0 radical (unpaired) electrons. The third-order valence-electron chi connectivity index (χ3n) is 3.49. The van der Waals surface area contributed by atoms with Gasteiger partial charge in [-0.2, -0.15) is 4.31 Å². The fraction of sp³-hybridized carbons (Fsp3) is 0.267. The van der Waals surface area contributed by atoms with Gasteiger partial charge in [-0.25, -0.2) is 13.2 Å². The van der Waals surface area contributed by atoms with Crippen LogP contribution in [0.1, 0.15) is 23.0 Å². The fourth-order valence-electron chi connectivity index (χ4n) is 2.22. The summed E-state index contributed by atoms with van der Waals surface area (Å²) >= 11 is 6.09. The highest BCUT2D eigenvalue weighted by Gasteiger charge is 2.27. The summed E-state index contributed by atoms with van der Waals surface area (Å²) in [5, 5.41) is 9.55. The second-order valence-corrected chi connectivity index (χ2v) is 7.34. The van der Waals surface area contributed by atoms with E-state index in [1.165, 1.54) is 22.1 Å². The van der Waals surface area contributed by atoms with Crippen molar-refractivity contribution in [1.29, 1.82) is 0 Å². The molecule has 23 heavy (non-hydrogen) atoms. The van der Waals surface area contributed by atoms with Crippen LogP contribution in [0.2, 0.25) is 5.02 Å². The molecule has 0 fully saturated rings. The second-order valence-electron chi connectivity index (χ2n) is 5.00. The first-order valence-electron chi connectivity index (χ1n) is 6.90. The average Bonchev–Trinajstić information content (AvgIpc) is 2.89. The fourth-order valence-corrected chi connectivity index (χ4v) is 3.91. The molecule has 2 aromatic rings. The second kappa shape index (κ2) is 6.74. The van der Waals surface area contributed by atoms with E-state index in [1.54, 1.807) is 31.2 Å². The van der Waals surface area contributed by atoms with Crippen LogP contribution in [0.4, 0.5) is 0 Å². The number of carboxylic acid groups (broad SMARTS) is 1. The van der Waals surface area contributed by atoms with E-state index in [2.05, 4.69) is 0 Å². The molecule has 0 aliphatic carbocycles. The van der Waals surface area contributed by atoms with Gasteiger partial charge in [-0.15, -0.1) is 0 Å². The zero-order valence-corrected chi connectivity index (χ0v) is 14.3. The Morgan fingerprint density at radius 1 is 1.35 bits per heavy atom. The minimum Gasteiger partial charge on any atom is -0.477 e. The van der Waals surface area contributed by atoms with E-state index in [0.717, 1.165) is 6.07 Å². The lowest BCUT2D eigenvalue weighted by Gasteiger charge is -2.20. The Kier molecular flexibility index (Phi) is 5.13. The van der Waals surface area contributed by atoms with E-state index >= 15 is 0 Å². The SMILES string of the molecule is CCN(Cc1ccccc1Cl)S(=O)(=O)c1cc(C(=O)O)n(C)c1. The van der Waals surface area contributed by atoms with Crippen molar-refractivity contribution in [3.8, 4) is 0 Å². The van der Waals surface area contributed by atoms with E-state index < -0.39 is 16.0 Å². The lowest BCUT2D eigenvalue weighted by Crippen LogP contribution is -2.30. The summed E-state index contributed by atoms with van der Waals surface area (Å²) in [5.74, 6) is -1.18. The molecule has 0 aliphatic rings. The number of carbonyl (C=O) groups is 1. The summed E-state index contributed by atoms with van der Waals surface area (Å²) in [6, 6.07) is 8.17. The summed E-state index contributed by atoms with van der Waals surface area (Å²) in [7, 11) is -2.32. The molecule has 0 spiro atoms. The standard InChI is InChI=1S/C15H17ClN2O4S/c1-3-18(9-11-6-4-5-7-13(11)16)23(21,22)12-8-14(15(19)20)17(2)10-12/h4-8,10H,3,9H2,1-2H3,(H,19,20). The zero-order chi connectivity index (χ0) is 17.2. The largest absolute Gasteiger partial charge is 0.477 e. The number of nitrogens with zero attached hydrogens (tertiary/aromatic N) is 2. The molecule has 0 bridgehead atoms. The van der Waals surface area contributed by atoms with E-state index in [0.29, 0.717) is 10.6 Å². The minimum absolute atomic E-state index is 0.0497. The number of hydrogen-bond donors (Lipinski definition) is 1. The molecule has 0 saturated carbocycles. The molecule has 2 rings (SSSR count). The van der Waals surface area contributed by atoms with Gasteiger partial charge in [0.2, 0.25) is 10.0 Å². The van der Waals surface area contributed by atoms with Crippen LogP contribution in [0, 0.1) is 0 Å². The van der Waals surface area contributed by atoms with Gasteiger partial charge < -0.3 is 9.67 Å². The van der Waals surface area contributed by atoms with Crippen LogP contribution in [0.3, 0.4) is 0 Å². The number of sulfonamides is 1. The molecular weight excluding hydrogens is 340 g/mol. The Hall–Kier alpha value is -1.83. The van der Waals surface area contributed by atoms with Crippen molar-refractivity contribution in [3.63, 3.8) is 0 Å². The highest BCUT2D eigenvalue weighted by atomic mass is 35.5. The summed E-state index contributed by atoms with van der Waals surface area (Å²) in [5.41, 5.74) is 0.603. The van der Waals surface area contributed by atoms with E-state index in [1.807, 2.05) is 0 Å². The molecule has 0 atom stereocenters. The molecule has 6 nitrogen and oxygen atoms in total. The highest BCUT2D eigenvalue weighted by Crippen LogP contribution is 2.23. The molecule has 0 amide bonds. The van der Waals surface area contributed by atoms with Crippen molar-refractivity contribution in [2.45, 2.75) is 18.4 Å². The van der Waals surface area contributed by atoms with Gasteiger partial charge in [0, 0.05) is 31.4 Å². The number of rotatable bonds is 6. The Morgan fingerprint density at radius 3 is 2.52 bits per heavy atom. The predicted molar refractivity (Wildman–Crippen MR) is 87.1 cm³/mol. The maximum Gasteiger partial charge on any atom is 0.352 e. The van der Waals surface area contributed by atoms with Crippen LogP contribution < -0.4 is 0 Å². The number of aryl methyl sites for hydroxylation is 1. The van der Waals surface area contributed by atoms with Crippen molar-refractivity contribution in [3.05, 3.63) is 52.8 Å². The van der Waals surface area contributed by atoms with Crippen LogP contribution in [0.25, 0.3) is 0 Å². The maximum absolute atomic E-state index is 12.7. The quantitative estimate of drug-likeness (QED) is 0.862. The average molecular weight is 357 g/mol. The van der Waals surface area contributed by atoms with Crippen LogP contribution in [-0.4, -0.2) is 34.9 Å². The van der Waals surface area contributed by atoms with Crippen molar-refractivity contribution >= 4 is 27.6 Å². The van der Waals surface area contributed by atoms with Crippen molar-refractivity contribution in [2.24, 2.45) is 7.05 Å². The van der Waals surface area contributed by atoms with Gasteiger partial charge in [0.1, 0.15) is 10.6 Å². The van der Waals surface area contributed by atoms with Crippen molar-refractivity contribution in [1.82, 2.24) is 8.87 Å². The van der Waals surface area contributed by atoms with E-state index in [9.17, 15) is 13.2 Å². The summed E-state index contributed by atoms with van der Waals surface area (Å²) < 4.78 is 28.0. The monoisotopic (exact) mass is 356 g/mol. The van der Waals surface area contributed by atoms with Crippen LogP contribution in [0.5, 0.6) is 0 Å². The van der Waals surface area contributed by atoms with Crippen molar-refractivity contribution in [2.75, 3.05) is 6.54 Å². The molecular formula is C15H17ClN2O4S. The van der Waals surface area contributed by atoms with Gasteiger partial charge in [-0.1, -0.05) is 36.7 Å². The molecule has 8 heteroatoms. The molecule has 1 N–H and O–H groups in total. The zero-order valence-electron chi connectivity index (χ0n) is 12.7. The summed E-state index contributed by atoms with van der Waals surface area (Å²) in [4.78, 5) is 11.0. The van der Waals surface area contributed by atoms with Crippen LogP contribution in [-0.2, 0) is 23.6 Å². The summed E-state index contributed by atoms with van der Waals surface area (Å²) in [6.45, 7) is 2.08. The van der Waals surface area contributed by atoms with E-state index in [-0.39, 0.29) is 23.7 Å². The molecule has 0 aliphatic heterocycles. The van der Waals surface area contributed by atoms with Gasteiger partial charge in [0.15, 0.2) is 0 Å². The first kappa shape index (κ1) is 17.5. The normalized spacial score (nSPS) is 11.8. The van der Waals surface area contributed by atoms with E-state index in [4.69, 9.17) is 16.7 Å². The van der Waals surface area contributed by atoms with Crippen molar-refractivity contribution < 1.29 is 18.3 Å². The Bertz CT molecular complexity index is 830. The summed E-state index contributed by atoms with van der Waals surface area (Å²) in [6.07, 6.45) is 1.30. The third-order valence-corrected chi connectivity index (χ3v) is 5.75. The third kappa shape index (κ3) is 3.57. The Labute approximate surface area is 140 Å². The number of carboxylic acids is 1. The molecule has 0 unspecified atom stereocenters. The molecule has 0 saturated heterocycles. The maximum atomic E-state index is 12.7. The number of aromatic carboxylic acids is 1. The van der Waals surface area contributed by atoms with Crippen LogP contribution in [0.15, 0.2) is 41.4 Å². The van der Waals surface area contributed by atoms with Gasteiger partial charge in [0.05, 0.1) is 0 Å².